The second-order valence-corrected chi connectivity index (χ2v) is 5.69. The summed E-state index contributed by atoms with van der Waals surface area (Å²) < 4.78 is 5.74. The molecule has 2 aromatic heterocycles. The Balaban J connectivity index is 1.61. The number of carbonyl (C=O) groups is 1. The van der Waals surface area contributed by atoms with Gasteiger partial charge >= 0.3 is 0 Å². The highest BCUT2D eigenvalue weighted by Crippen LogP contribution is 2.27. The molecule has 2 heterocycles. The standard InChI is InChI=1S/C20H15N3O2/c1-13-12-15(20-23-18-17(25-20)8-5-11-21-18)9-10-16(13)22-19(24)14-6-3-2-4-7-14/h2-12H,1H3,(H,22,24). The van der Waals surface area contributed by atoms with Crippen molar-refractivity contribution in [3.8, 4) is 11.5 Å². The zero-order valence-corrected chi connectivity index (χ0v) is 13.6. The van der Waals surface area contributed by atoms with Crippen molar-refractivity contribution in [3.63, 3.8) is 0 Å². The van der Waals surface area contributed by atoms with Gasteiger partial charge < -0.3 is 9.73 Å². The van der Waals surface area contributed by atoms with Gasteiger partial charge in [0.15, 0.2) is 11.2 Å². The number of pyridine rings is 1. The Morgan fingerprint density at radius 3 is 2.64 bits per heavy atom. The smallest absolute Gasteiger partial charge is 0.255 e. The van der Waals surface area contributed by atoms with Crippen LogP contribution in [0, 0.1) is 6.92 Å². The van der Waals surface area contributed by atoms with E-state index in [0.717, 1.165) is 16.8 Å². The molecule has 25 heavy (non-hydrogen) atoms. The summed E-state index contributed by atoms with van der Waals surface area (Å²) in [4.78, 5) is 20.9. The molecule has 4 rings (SSSR count). The van der Waals surface area contributed by atoms with Crippen LogP contribution in [0.25, 0.3) is 22.7 Å². The van der Waals surface area contributed by atoms with E-state index < -0.39 is 0 Å². The third-order valence-electron chi connectivity index (χ3n) is 3.92. The van der Waals surface area contributed by atoms with Gasteiger partial charge in [-0.2, -0.15) is 4.98 Å². The maximum absolute atomic E-state index is 12.3. The topological polar surface area (TPSA) is 68.0 Å². The summed E-state index contributed by atoms with van der Waals surface area (Å²) in [5.74, 6) is 0.375. The van der Waals surface area contributed by atoms with Crippen molar-refractivity contribution in [2.24, 2.45) is 0 Å². The fourth-order valence-electron chi connectivity index (χ4n) is 2.61. The number of rotatable bonds is 3. The second kappa shape index (κ2) is 6.20. The maximum Gasteiger partial charge on any atom is 0.255 e. The van der Waals surface area contributed by atoms with E-state index in [1.54, 1.807) is 18.3 Å². The van der Waals surface area contributed by atoms with Crippen molar-refractivity contribution in [1.29, 1.82) is 0 Å². The van der Waals surface area contributed by atoms with E-state index in [9.17, 15) is 4.79 Å². The molecule has 0 saturated carbocycles. The van der Waals surface area contributed by atoms with Crippen molar-refractivity contribution < 1.29 is 9.21 Å². The molecule has 1 N–H and O–H groups in total. The number of benzene rings is 2. The summed E-state index contributed by atoms with van der Waals surface area (Å²) >= 11 is 0. The summed E-state index contributed by atoms with van der Waals surface area (Å²) in [5, 5.41) is 2.93. The van der Waals surface area contributed by atoms with Crippen molar-refractivity contribution in [3.05, 3.63) is 78.0 Å². The van der Waals surface area contributed by atoms with E-state index in [-0.39, 0.29) is 5.91 Å². The van der Waals surface area contributed by atoms with Crippen LogP contribution in [0.2, 0.25) is 0 Å². The van der Waals surface area contributed by atoms with Gasteiger partial charge in [-0.25, -0.2) is 4.98 Å². The van der Waals surface area contributed by atoms with Gasteiger partial charge in [-0.3, -0.25) is 4.79 Å². The van der Waals surface area contributed by atoms with Gasteiger partial charge in [0.05, 0.1) is 0 Å². The average Bonchev–Trinajstić information content (AvgIpc) is 3.08. The molecule has 0 fully saturated rings. The number of amides is 1. The highest BCUT2D eigenvalue weighted by atomic mass is 16.3. The highest BCUT2D eigenvalue weighted by molar-refractivity contribution is 6.04. The molecular formula is C20H15N3O2. The first-order chi connectivity index (χ1) is 12.2. The van der Waals surface area contributed by atoms with E-state index in [4.69, 9.17) is 4.42 Å². The van der Waals surface area contributed by atoms with Crippen molar-refractivity contribution in [1.82, 2.24) is 9.97 Å². The van der Waals surface area contributed by atoms with E-state index >= 15 is 0 Å². The average molecular weight is 329 g/mol. The van der Waals surface area contributed by atoms with E-state index in [0.29, 0.717) is 22.7 Å². The van der Waals surface area contributed by atoms with Gasteiger partial charge in [0.1, 0.15) is 0 Å². The number of hydrogen-bond acceptors (Lipinski definition) is 4. The molecule has 0 atom stereocenters. The first-order valence-electron chi connectivity index (χ1n) is 7.90. The molecule has 0 aliphatic heterocycles. The Hall–Kier alpha value is -3.47. The SMILES string of the molecule is Cc1cc(-c2nc3ncccc3o2)ccc1NC(=O)c1ccccc1. The third kappa shape index (κ3) is 2.99. The van der Waals surface area contributed by atoms with Crippen LogP contribution in [-0.4, -0.2) is 15.9 Å². The van der Waals surface area contributed by atoms with Gasteiger partial charge in [0, 0.05) is 23.0 Å². The number of aromatic nitrogens is 2. The molecule has 0 radical (unpaired) electrons. The fourth-order valence-corrected chi connectivity index (χ4v) is 2.61. The van der Waals surface area contributed by atoms with Crippen LogP contribution in [0.15, 0.2) is 71.3 Å². The van der Waals surface area contributed by atoms with Crippen LogP contribution >= 0.6 is 0 Å². The summed E-state index contributed by atoms with van der Waals surface area (Å²) in [6.07, 6.45) is 1.68. The molecule has 0 aliphatic carbocycles. The van der Waals surface area contributed by atoms with Crippen LogP contribution in [0.4, 0.5) is 5.69 Å². The Labute approximate surface area is 144 Å². The summed E-state index contributed by atoms with van der Waals surface area (Å²) in [6.45, 7) is 1.94. The fraction of sp³-hybridized carbons (Fsp3) is 0.0500. The number of oxazole rings is 1. The first-order valence-corrected chi connectivity index (χ1v) is 7.90. The molecule has 4 aromatic rings. The Bertz CT molecular complexity index is 1020. The van der Waals surface area contributed by atoms with Crippen molar-refractivity contribution in [2.45, 2.75) is 6.92 Å². The highest BCUT2D eigenvalue weighted by Gasteiger charge is 2.12. The van der Waals surface area contributed by atoms with Crippen LogP contribution in [0.5, 0.6) is 0 Å². The predicted octanol–water partition coefficient (Wildman–Crippen LogP) is 4.45. The van der Waals surface area contributed by atoms with Gasteiger partial charge in [-0.05, 0) is 55.0 Å². The van der Waals surface area contributed by atoms with Crippen LogP contribution in [-0.2, 0) is 0 Å². The molecule has 0 spiro atoms. The number of anilines is 1. The Morgan fingerprint density at radius 1 is 1.04 bits per heavy atom. The van der Waals surface area contributed by atoms with Gasteiger partial charge in [0.2, 0.25) is 5.89 Å². The molecule has 0 aliphatic rings. The van der Waals surface area contributed by atoms with Crippen molar-refractivity contribution >= 4 is 22.8 Å². The minimum absolute atomic E-state index is 0.137. The lowest BCUT2D eigenvalue weighted by Crippen LogP contribution is -2.12. The Morgan fingerprint density at radius 2 is 1.88 bits per heavy atom. The maximum atomic E-state index is 12.3. The molecule has 122 valence electrons. The number of fused-ring (bicyclic) bond motifs is 1. The lowest BCUT2D eigenvalue weighted by molar-refractivity contribution is 0.102. The number of aryl methyl sites for hydroxylation is 1. The molecule has 5 nitrogen and oxygen atoms in total. The minimum Gasteiger partial charge on any atom is -0.434 e. The van der Waals surface area contributed by atoms with Gasteiger partial charge in [0.25, 0.3) is 5.91 Å². The zero-order chi connectivity index (χ0) is 17.2. The molecular weight excluding hydrogens is 314 g/mol. The molecule has 0 unspecified atom stereocenters. The monoisotopic (exact) mass is 329 g/mol. The molecule has 0 bridgehead atoms. The normalized spacial score (nSPS) is 10.8. The first kappa shape index (κ1) is 15.1. The molecule has 0 saturated heterocycles. The Kier molecular flexibility index (Phi) is 3.74. The van der Waals surface area contributed by atoms with E-state index in [1.807, 2.05) is 55.5 Å². The van der Waals surface area contributed by atoms with Crippen LogP contribution in [0.1, 0.15) is 15.9 Å². The summed E-state index contributed by atoms with van der Waals surface area (Å²) in [7, 11) is 0. The van der Waals surface area contributed by atoms with E-state index in [2.05, 4.69) is 15.3 Å². The van der Waals surface area contributed by atoms with Gasteiger partial charge in [-0.15, -0.1) is 0 Å². The lowest BCUT2D eigenvalue weighted by Gasteiger charge is -2.09. The molecule has 2 aromatic carbocycles. The molecule has 1 amide bonds. The molecule has 5 heteroatoms. The lowest BCUT2D eigenvalue weighted by atomic mass is 10.1. The third-order valence-corrected chi connectivity index (χ3v) is 3.92. The van der Waals surface area contributed by atoms with Crippen LogP contribution in [0.3, 0.4) is 0 Å². The van der Waals surface area contributed by atoms with Crippen LogP contribution < -0.4 is 5.32 Å². The second-order valence-electron chi connectivity index (χ2n) is 5.69. The zero-order valence-electron chi connectivity index (χ0n) is 13.6. The summed E-state index contributed by atoms with van der Waals surface area (Å²) in [5.41, 5.74) is 4.38. The number of hydrogen-bond donors (Lipinski definition) is 1. The largest absolute Gasteiger partial charge is 0.434 e. The minimum atomic E-state index is -0.137. The number of nitrogens with zero attached hydrogens (tertiary/aromatic N) is 2. The quantitative estimate of drug-likeness (QED) is 0.603. The summed E-state index contributed by atoms with van der Waals surface area (Å²) in [6, 6.07) is 18.4. The number of nitrogens with one attached hydrogen (secondary N) is 1. The van der Waals surface area contributed by atoms with E-state index in [1.165, 1.54) is 0 Å². The number of carbonyl (C=O) groups excluding carboxylic acids is 1. The van der Waals surface area contributed by atoms with Crippen molar-refractivity contribution in [2.75, 3.05) is 5.32 Å². The predicted molar refractivity (Wildman–Crippen MR) is 96.4 cm³/mol. The van der Waals surface area contributed by atoms with Gasteiger partial charge in [-0.1, -0.05) is 18.2 Å².